The van der Waals surface area contributed by atoms with E-state index in [1.807, 2.05) is 12.1 Å². The molecule has 0 fully saturated rings. The highest BCUT2D eigenvalue weighted by Crippen LogP contribution is 2.35. The molecule has 3 aromatic rings. The molecule has 0 aliphatic rings. The zero-order chi connectivity index (χ0) is 21.8. The highest BCUT2D eigenvalue weighted by atomic mass is 127. The van der Waals surface area contributed by atoms with Crippen molar-refractivity contribution in [3.63, 3.8) is 0 Å². The number of hydrogen-bond acceptors (Lipinski definition) is 5. The molecular formula is C21H18I2N2O5. The summed E-state index contributed by atoms with van der Waals surface area (Å²) in [6.45, 7) is 0. The first-order chi connectivity index (χ1) is 14.2. The number of phenolic OH excluding ortho intramolecular Hbond substituents is 1. The highest BCUT2D eigenvalue weighted by Gasteiger charge is 2.16. The number of nitrogens with two attached hydrogens (primary N) is 1. The maximum Gasteiger partial charge on any atom is 0.320 e. The zero-order valence-electron chi connectivity index (χ0n) is 15.6. The minimum absolute atomic E-state index is 0.116. The number of benzene rings is 2. The molecular weight excluding hydrogens is 614 g/mol. The fraction of sp³-hybridized carbons (Fsp3) is 0.143. The monoisotopic (exact) mass is 632 g/mol. The second kappa shape index (κ2) is 9.79. The molecule has 5 N–H and O–H groups in total. The van der Waals surface area contributed by atoms with Gasteiger partial charge in [-0.05, 0) is 99.1 Å². The molecule has 0 amide bonds. The third-order valence-corrected chi connectivity index (χ3v) is 5.94. The Kier molecular flexibility index (Phi) is 7.36. The number of halogens is 2. The predicted octanol–water partition coefficient (Wildman–Crippen LogP) is 3.63. The van der Waals surface area contributed by atoms with Gasteiger partial charge >= 0.3 is 5.97 Å². The van der Waals surface area contributed by atoms with Gasteiger partial charge in [0.25, 0.3) is 0 Å². The molecule has 156 valence electrons. The minimum Gasteiger partial charge on any atom is -0.508 e. The maximum absolute atomic E-state index is 11.5. The third-order valence-electron chi connectivity index (χ3n) is 4.34. The molecule has 0 spiro atoms. The van der Waals surface area contributed by atoms with Crippen LogP contribution in [0.5, 0.6) is 17.2 Å². The Bertz CT molecular complexity index is 1120. The first kappa shape index (κ1) is 22.6. The Balaban J connectivity index is 1.84. The van der Waals surface area contributed by atoms with Gasteiger partial charge in [-0.2, -0.15) is 0 Å². The van der Waals surface area contributed by atoms with Crippen LogP contribution in [0.25, 0.3) is 0 Å². The minimum atomic E-state index is -1.04. The molecule has 0 saturated carbocycles. The number of hydrogen-bond donors (Lipinski definition) is 4. The summed E-state index contributed by atoms with van der Waals surface area (Å²) in [7, 11) is 0. The smallest absolute Gasteiger partial charge is 0.320 e. The summed E-state index contributed by atoms with van der Waals surface area (Å²) in [6.07, 6.45) is 2.17. The molecule has 0 radical (unpaired) electrons. The molecule has 0 bridgehead atoms. The van der Waals surface area contributed by atoms with Gasteiger partial charge in [-0.15, -0.1) is 0 Å². The Morgan fingerprint density at radius 3 is 2.43 bits per heavy atom. The molecule has 9 heteroatoms. The lowest BCUT2D eigenvalue weighted by Gasteiger charge is -2.14. The van der Waals surface area contributed by atoms with E-state index in [9.17, 15) is 14.7 Å². The summed E-state index contributed by atoms with van der Waals surface area (Å²) < 4.78 is 7.69. The molecule has 1 aromatic heterocycles. The van der Waals surface area contributed by atoms with Gasteiger partial charge in [-0.25, -0.2) is 0 Å². The first-order valence-electron chi connectivity index (χ1n) is 8.86. The molecule has 1 atom stereocenters. The van der Waals surface area contributed by atoms with E-state index >= 15 is 0 Å². The van der Waals surface area contributed by atoms with E-state index in [1.54, 1.807) is 30.5 Å². The number of aromatic nitrogens is 1. The van der Waals surface area contributed by atoms with E-state index in [2.05, 4.69) is 50.2 Å². The van der Waals surface area contributed by atoms with Gasteiger partial charge in [0, 0.05) is 24.2 Å². The number of H-pyrrole nitrogens is 1. The fourth-order valence-corrected chi connectivity index (χ4v) is 4.99. The molecule has 0 aliphatic carbocycles. The molecule has 3 rings (SSSR count). The van der Waals surface area contributed by atoms with Crippen molar-refractivity contribution in [2.24, 2.45) is 5.73 Å². The average Bonchev–Trinajstić information content (AvgIpc) is 2.67. The average molecular weight is 632 g/mol. The highest BCUT2D eigenvalue weighted by molar-refractivity contribution is 14.1. The number of rotatable bonds is 7. The summed E-state index contributed by atoms with van der Waals surface area (Å²) >= 11 is 4.27. The largest absolute Gasteiger partial charge is 0.508 e. The van der Waals surface area contributed by atoms with Gasteiger partial charge in [0.2, 0.25) is 5.56 Å². The summed E-state index contributed by atoms with van der Waals surface area (Å²) in [5.74, 6) is 0.248. The van der Waals surface area contributed by atoms with Crippen molar-refractivity contribution in [1.29, 1.82) is 0 Å². The van der Waals surface area contributed by atoms with E-state index in [0.717, 1.165) is 18.3 Å². The van der Waals surface area contributed by atoms with Crippen LogP contribution in [-0.2, 0) is 17.6 Å². The lowest BCUT2D eigenvalue weighted by atomic mass is 10.0. The van der Waals surface area contributed by atoms with Crippen LogP contribution >= 0.6 is 45.2 Å². The quantitative estimate of drug-likeness (QED) is 0.295. The topological polar surface area (TPSA) is 126 Å². The van der Waals surface area contributed by atoms with Crippen LogP contribution in [0.3, 0.4) is 0 Å². The van der Waals surface area contributed by atoms with Crippen molar-refractivity contribution < 1.29 is 19.7 Å². The van der Waals surface area contributed by atoms with Gasteiger partial charge in [-0.3, -0.25) is 9.59 Å². The van der Waals surface area contributed by atoms with Crippen LogP contribution in [-0.4, -0.2) is 27.2 Å². The van der Waals surface area contributed by atoms with E-state index < -0.39 is 12.0 Å². The molecule has 1 heterocycles. The van der Waals surface area contributed by atoms with E-state index in [1.165, 1.54) is 6.07 Å². The molecule has 2 aromatic carbocycles. The van der Waals surface area contributed by atoms with Crippen LogP contribution < -0.4 is 16.0 Å². The number of aromatic amines is 1. The van der Waals surface area contributed by atoms with Crippen molar-refractivity contribution >= 4 is 51.2 Å². The summed E-state index contributed by atoms with van der Waals surface area (Å²) in [4.78, 5) is 25.1. The van der Waals surface area contributed by atoms with Crippen molar-refractivity contribution in [3.8, 4) is 17.2 Å². The Labute approximate surface area is 199 Å². The van der Waals surface area contributed by atoms with Gasteiger partial charge < -0.3 is 25.7 Å². The number of phenols is 1. The molecule has 0 saturated heterocycles. The van der Waals surface area contributed by atoms with Crippen LogP contribution in [0.4, 0.5) is 0 Å². The van der Waals surface area contributed by atoms with E-state index in [0.29, 0.717) is 23.5 Å². The number of pyridine rings is 1. The SMILES string of the molecule is N[C@@H](Cc1cc(I)c(Oc2ccc(O)c(Cc3cc[nH]c(=O)c3)c2)c(I)c1)C(=O)O. The lowest BCUT2D eigenvalue weighted by Crippen LogP contribution is -2.32. The van der Waals surface area contributed by atoms with Gasteiger partial charge in [0.1, 0.15) is 17.5 Å². The number of carboxylic acids is 1. The van der Waals surface area contributed by atoms with Crippen LogP contribution in [0.2, 0.25) is 0 Å². The number of nitrogens with one attached hydrogen (secondary N) is 1. The molecule has 30 heavy (non-hydrogen) atoms. The first-order valence-corrected chi connectivity index (χ1v) is 11.0. The van der Waals surface area contributed by atoms with Crippen LogP contribution in [0.15, 0.2) is 53.5 Å². The summed E-state index contributed by atoms with van der Waals surface area (Å²) in [5, 5.41) is 19.2. The van der Waals surface area contributed by atoms with Crippen molar-refractivity contribution in [2.75, 3.05) is 0 Å². The van der Waals surface area contributed by atoms with Gasteiger partial charge in [0.05, 0.1) is 7.14 Å². The Morgan fingerprint density at radius 2 is 1.80 bits per heavy atom. The maximum atomic E-state index is 11.5. The van der Waals surface area contributed by atoms with E-state index in [4.69, 9.17) is 15.6 Å². The van der Waals surface area contributed by atoms with Crippen molar-refractivity contribution in [1.82, 2.24) is 4.98 Å². The van der Waals surface area contributed by atoms with Crippen LogP contribution in [0.1, 0.15) is 16.7 Å². The zero-order valence-corrected chi connectivity index (χ0v) is 19.9. The number of carbonyl (C=O) groups is 1. The summed E-state index contributed by atoms with van der Waals surface area (Å²) in [5.41, 5.74) is 7.65. The second-order valence-corrected chi connectivity index (χ2v) is 8.99. The fourth-order valence-electron chi connectivity index (χ4n) is 2.87. The predicted molar refractivity (Wildman–Crippen MR) is 129 cm³/mol. The van der Waals surface area contributed by atoms with Crippen molar-refractivity contribution in [3.05, 3.63) is 82.8 Å². The van der Waals surface area contributed by atoms with Crippen molar-refractivity contribution in [2.45, 2.75) is 18.9 Å². The van der Waals surface area contributed by atoms with E-state index in [-0.39, 0.29) is 17.7 Å². The molecule has 0 unspecified atom stereocenters. The normalized spacial score (nSPS) is 11.8. The van der Waals surface area contributed by atoms with Gasteiger partial charge in [-0.1, -0.05) is 0 Å². The number of aromatic hydroxyl groups is 1. The number of aliphatic carboxylic acids is 1. The molecule has 7 nitrogen and oxygen atoms in total. The van der Waals surface area contributed by atoms with Gasteiger partial charge in [0.15, 0.2) is 5.75 Å². The number of carboxylic acid groups (broad SMARTS) is 1. The van der Waals surface area contributed by atoms with Crippen LogP contribution in [0, 0.1) is 7.14 Å². The number of ether oxygens (including phenoxy) is 1. The Hall–Kier alpha value is -2.12. The summed E-state index contributed by atoms with van der Waals surface area (Å²) in [6, 6.07) is 10.9. The standard InChI is InChI=1S/C21H18I2N2O5/c22-15-6-12(8-17(24)21(28)29)7-16(23)20(15)30-14-1-2-18(26)13(10-14)5-11-3-4-25-19(27)9-11/h1-4,6-7,9-10,17,26H,5,8,24H2,(H,25,27)(H,28,29)/t17-/m0/s1. The lowest BCUT2D eigenvalue weighted by molar-refractivity contribution is -0.138. The third kappa shape index (κ3) is 5.73. The second-order valence-electron chi connectivity index (χ2n) is 6.67. The molecule has 0 aliphatic heterocycles. The Morgan fingerprint density at radius 1 is 1.10 bits per heavy atom.